The Morgan fingerprint density at radius 1 is 1.23 bits per heavy atom. The Bertz CT molecular complexity index is 1150. The second kappa shape index (κ2) is 8.48. The maximum atomic E-state index is 12.8. The van der Waals surface area contributed by atoms with Gasteiger partial charge in [-0.25, -0.2) is 0 Å². The largest absolute Gasteiger partial charge is 0.361 e. The van der Waals surface area contributed by atoms with Crippen molar-refractivity contribution < 1.29 is 4.79 Å². The number of H-pyrrole nitrogens is 1. The summed E-state index contributed by atoms with van der Waals surface area (Å²) in [4.78, 5) is 18.9. The second-order valence-corrected chi connectivity index (χ2v) is 10.1. The van der Waals surface area contributed by atoms with Crippen LogP contribution in [0.3, 0.4) is 0 Å². The quantitative estimate of drug-likeness (QED) is 0.354. The number of nitrogens with one attached hydrogen (secondary N) is 2. The Morgan fingerprint density at radius 2 is 2.13 bits per heavy atom. The Labute approximate surface area is 198 Å². The average Bonchev–Trinajstić information content (AvgIpc) is 3.18. The molecule has 2 aliphatic rings. The van der Waals surface area contributed by atoms with Crippen molar-refractivity contribution in [3.63, 3.8) is 0 Å². The number of amides is 1. The number of hydrogen-bond donors (Lipinski definition) is 2. The summed E-state index contributed by atoms with van der Waals surface area (Å²) < 4.78 is 1.85. The maximum absolute atomic E-state index is 12.8. The molecular formula is C24H23BrIN3O. The molecule has 30 heavy (non-hydrogen) atoms. The Hall–Kier alpha value is -1.64. The van der Waals surface area contributed by atoms with E-state index in [9.17, 15) is 4.79 Å². The molecule has 1 amide bonds. The van der Waals surface area contributed by atoms with Crippen LogP contribution in [0.2, 0.25) is 0 Å². The number of aromatic amines is 1. The molecule has 3 heterocycles. The summed E-state index contributed by atoms with van der Waals surface area (Å²) in [6.07, 6.45) is 9.58. The van der Waals surface area contributed by atoms with Crippen molar-refractivity contribution in [3.8, 4) is 0 Å². The van der Waals surface area contributed by atoms with E-state index in [0.29, 0.717) is 11.6 Å². The fourth-order valence-electron chi connectivity index (χ4n) is 4.66. The molecule has 0 radical (unpaired) electrons. The molecule has 4 nitrogen and oxygen atoms in total. The molecule has 1 aromatic heterocycles. The molecule has 2 aromatic carbocycles. The fourth-order valence-corrected chi connectivity index (χ4v) is 5.60. The van der Waals surface area contributed by atoms with E-state index in [1.54, 1.807) is 0 Å². The number of rotatable bonds is 3. The Balaban J connectivity index is 1.43. The molecule has 0 saturated carbocycles. The van der Waals surface area contributed by atoms with Crippen LogP contribution in [0.5, 0.6) is 0 Å². The summed E-state index contributed by atoms with van der Waals surface area (Å²) in [5.74, 6) is -0.105. The average molecular weight is 576 g/mol. The molecule has 2 aliphatic heterocycles. The lowest BCUT2D eigenvalue weighted by Gasteiger charge is -2.38. The predicted octanol–water partition coefficient (Wildman–Crippen LogP) is 6.43. The van der Waals surface area contributed by atoms with Gasteiger partial charge in [-0.15, -0.1) is 0 Å². The first-order valence-electron chi connectivity index (χ1n) is 10.4. The first-order chi connectivity index (χ1) is 14.6. The number of anilines is 1. The monoisotopic (exact) mass is 575 g/mol. The highest BCUT2D eigenvalue weighted by atomic mass is 127. The number of halogens is 2. The zero-order chi connectivity index (χ0) is 20.7. The third kappa shape index (κ3) is 3.85. The van der Waals surface area contributed by atoms with Gasteiger partial charge in [-0.05, 0) is 100 Å². The van der Waals surface area contributed by atoms with E-state index in [0.717, 1.165) is 32.2 Å². The first kappa shape index (κ1) is 20.3. The summed E-state index contributed by atoms with van der Waals surface area (Å²) >= 11 is 5.76. The number of carbonyl (C=O) groups is 1. The van der Waals surface area contributed by atoms with Crippen LogP contribution in [-0.4, -0.2) is 34.9 Å². The Kier molecular flexibility index (Phi) is 5.73. The van der Waals surface area contributed by atoms with Crippen LogP contribution in [0.25, 0.3) is 16.5 Å². The fraction of sp³-hybridized carbons (Fsp3) is 0.292. The van der Waals surface area contributed by atoms with Crippen molar-refractivity contribution in [2.24, 2.45) is 0 Å². The van der Waals surface area contributed by atoms with E-state index in [2.05, 4.69) is 78.1 Å². The van der Waals surface area contributed by atoms with Gasteiger partial charge in [-0.1, -0.05) is 18.6 Å². The zero-order valence-corrected chi connectivity index (χ0v) is 20.3. The number of fused-ring (bicyclic) bond motifs is 2. The summed E-state index contributed by atoms with van der Waals surface area (Å²) in [7, 11) is 0. The van der Waals surface area contributed by atoms with Crippen LogP contribution in [0.4, 0.5) is 5.69 Å². The standard InChI is InChI=1S/C24H23BrIN3O/c25-23-18(5-3-6-21(23)26)24(30)28-16-7-8-22-19(13-16)20(14-27-22)15-9-11-29-10-2-1-4-17(29)12-15/h3,5-9,13-14,17,27H,1-2,4,10-12H2,(H,28,30). The number of nitrogens with zero attached hydrogens (tertiary/aromatic N) is 1. The zero-order valence-electron chi connectivity index (χ0n) is 16.6. The van der Waals surface area contributed by atoms with Crippen molar-refractivity contribution in [3.05, 3.63) is 67.8 Å². The molecule has 5 rings (SSSR count). The van der Waals surface area contributed by atoms with Crippen LogP contribution in [0.15, 0.2) is 53.1 Å². The van der Waals surface area contributed by atoms with Crippen molar-refractivity contribution in [2.45, 2.75) is 31.7 Å². The van der Waals surface area contributed by atoms with E-state index in [-0.39, 0.29) is 5.91 Å². The molecule has 6 heteroatoms. The summed E-state index contributed by atoms with van der Waals surface area (Å²) in [6, 6.07) is 12.5. The first-order valence-corrected chi connectivity index (χ1v) is 12.3. The van der Waals surface area contributed by atoms with Gasteiger partial charge in [-0.2, -0.15) is 0 Å². The third-order valence-electron chi connectivity index (χ3n) is 6.26. The smallest absolute Gasteiger partial charge is 0.256 e. The van der Waals surface area contributed by atoms with Gasteiger partial charge in [0.25, 0.3) is 5.91 Å². The van der Waals surface area contributed by atoms with Crippen molar-refractivity contribution in [1.29, 1.82) is 0 Å². The molecular weight excluding hydrogens is 553 g/mol. The molecule has 0 bridgehead atoms. The van der Waals surface area contributed by atoms with E-state index >= 15 is 0 Å². The van der Waals surface area contributed by atoms with Gasteiger partial charge < -0.3 is 10.3 Å². The lowest BCUT2D eigenvalue weighted by molar-refractivity contribution is 0.102. The highest BCUT2D eigenvalue weighted by Gasteiger charge is 2.27. The third-order valence-corrected chi connectivity index (χ3v) is 8.75. The van der Waals surface area contributed by atoms with Crippen LogP contribution >= 0.6 is 38.5 Å². The topological polar surface area (TPSA) is 48.1 Å². The van der Waals surface area contributed by atoms with Gasteiger partial charge in [0, 0.05) is 49.0 Å². The number of piperidine rings is 1. The van der Waals surface area contributed by atoms with Gasteiger partial charge in [-0.3, -0.25) is 9.69 Å². The lowest BCUT2D eigenvalue weighted by atomic mass is 9.89. The van der Waals surface area contributed by atoms with Gasteiger partial charge in [0.2, 0.25) is 0 Å². The highest BCUT2D eigenvalue weighted by Crippen LogP contribution is 2.35. The van der Waals surface area contributed by atoms with E-state index in [1.807, 2.05) is 24.3 Å². The number of aromatic nitrogens is 1. The van der Waals surface area contributed by atoms with Crippen molar-refractivity contribution in [2.75, 3.05) is 18.4 Å². The van der Waals surface area contributed by atoms with E-state index < -0.39 is 0 Å². The van der Waals surface area contributed by atoms with Gasteiger partial charge >= 0.3 is 0 Å². The van der Waals surface area contributed by atoms with E-state index in [4.69, 9.17) is 0 Å². The highest BCUT2D eigenvalue weighted by molar-refractivity contribution is 14.1. The van der Waals surface area contributed by atoms with Crippen LogP contribution < -0.4 is 5.32 Å². The molecule has 0 aliphatic carbocycles. The SMILES string of the molecule is O=C(Nc1ccc2[nH]cc(C3=CCN4CCCCC4C3)c2c1)c1cccc(I)c1Br. The predicted molar refractivity (Wildman–Crippen MR) is 135 cm³/mol. The molecule has 1 saturated heterocycles. The summed E-state index contributed by atoms with van der Waals surface area (Å²) in [6.45, 7) is 2.27. The minimum atomic E-state index is -0.105. The maximum Gasteiger partial charge on any atom is 0.256 e. The normalized spacial score (nSPS) is 19.4. The second-order valence-electron chi connectivity index (χ2n) is 8.10. The molecule has 0 spiro atoms. The number of hydrogen-bond acceptors (Lipinski definition) is 2. The molecule has 1 atom stereocenters. The van der Waals surface area contributed by atoms with E-state index in [1.165, 1.54) is 42.3 Å². The molecule has 1 unspecified atom stereocenters. The number of carbonyl (C=O) groups excluding carboxylic acids is 1. The molecule has 1 fully saturated rings. The van der Waals surface area contributed by atoms with Crippen LogP contribution in [0, 0.1) is 3.57 Å². The summed E-state index contributed by atoms with van der Waals surface area (Å²) in [5.41, 5.74) is 5.25. The Morgan fingerprint density at radius 3 is 3.03 bits per heavy atom. The van der Waals surface area contributed by atoms with Crippen LogP contribution in [-0.2, 0) is 0 Å². The van der Waals surface area contributed by atoms with Crippen molar-refractivity contribution >= 4 is 66.6 Å². The minimum Gasteiger partial charge on any atom is -0.361 e. The van der Waals surface area contributed by atoms with Gasteiger partial charge in [0.05, 0.1) is 5.56 Å². The molecule has 3 aromatic rings. The van der Waals surface area contributed by atoms with Gasteiger partial charge in [0.15, 0.2) is 0 Å². The molecule has 154 valence electrons. The number of benzene rings is 2. The van der Waals surface area contributed by atoms with Crippen molar-refractivity contribution in [1.82, 2.24) is 9.88 Å². The van der Waals surface area contributed by atoms with Gasteiger partial charge in [0.1, 0.15) is 0 Å². The minimum absolute atomic E-state index is 0.105. The molecule has 2 N–H and O–H groups in total. The lowest BCUT2D eigenvalue weighted by Crippen LogP contribution is -2.41. The van der Waals surface area contributed by atoms with Crippen LogP contribution in [0.1, 0.15) is 41.6 Å². The summed E-state index contributed by atoms with van der Waals surface area (Å²) in [5, 5.41) is 4.24.